The van der Waals surface area contributed by atoms with Gasteiger partial charge in [-0.15, -0.1) is 0 Å². The molecule has 5 rings (SSSR count). The van der Waals surface area contributed by atoms with Crippen LogP contribution in [0.5, 0.6) is 0 Å². The lowest BCUT2D eigenvalue weighted by Gasteiger charge is -2.00. The fourth-order valence-electron chi connectivity index (χ4n) is 7.03. The Labute approximate surface area is 356 Å². The van der Waals surface area contributed by atoms with Gasteiger partial charge in [0, 0.05) is 73.6 Å². The van der Waals surface area contributed by atoms with Gasteiger partial charge in [0.25, 0.3) is 0 Å². The molecule has 58 heavy (non-hydrogen) atoms. The second kappa shape index (κ2) is 35.2. The number of hydrogen-bond acceptors (Lipinski definition) is 2. The molecule has 322 valence electrons. The van der Waals surface area contributed by atoms with Crippen molar-refractivity contribution in [3.63, 3.8) is 0 Å². The summed E-state index contributed by atoms with van der Waals surface area (Å²) in [4.78, 5) is 0. The number of allylic oxidation sites excluding steroid dienone is 2. The summed E-state index contributed by atoms with van der Waals surface area (Å²) < 4.78 is 11.3. The average molecular weight is 799 g/mol. The minimum absolute atomic E-state index is 0.714. The Kier molecular flexibility index (Phi) is 31.7. The van der Waals surface area contributed by atoms with E-state index in [0.29, 0.717) is 6.54 Å². The van der Waals surface area contributed by atoms with Crippen LogP contribution in [0.25, 0.3) is 0 Å². The monoisotopic (exact) mass is 799 g/mol. The third-order valence-corrected chi connectivity index (χ3v) is 9.77. The Balaban J connectivity index is 0.000000363. The highest BCUT2D eigenvalue weighted by atomic mass is 15.0. The molecule has 5 heterocycles. The van der Waals surface area contributed by atoms with Crippen LogP contribution < -0.4 is 25.2 Å². The molecule has 0 amide bonds. The molecule has 0 saturated carbocycles. The predicted molar refractivity (Wildman–Crippen MR) is 248 cm³/mol. The molecule has 0 atom stereocenters. The van der Waals surface area contributed by atoms with E-state index in [1.807, 2.05) is 0 Å². The topological polar surface area (TPSA) is 69.7 Å². The molecule has 7 heteroatoms. The largest absolute Gasteiger partial charge is 0.325 e. The Morgan fingerprint density at radius 3 is 1.78 bits per heavy atom. The first kappa shape index (κ1) is 52.2. The molecule has 0 spiro atoms. The van der Waals surface area contributed by atoms with E-state index in [2.05, 4.69) is 176 Å². The van der Waals surface area contributed by atoms with Crippen molar-refractivity contribution in [3.05, 3.63) is 114 Å². The minimum atomic E-state index is 0.714. The van der Waals surface area contributed by atoms with Gasteiger partial charge < -0.3 is 11.5 Å². The molecule has 2 aliphatic rings. The van der Waals surface area contributed by atoms with E-state index < -0.39 is 0 Å². The van der Waals surface area contributed by atoms with Crippen LogP contribution in [0.1, 0.15) is 149 Å². The summed E-state index contributed by atoms with van der Waals surface area (Å²) in [5.74, 6) is 0. The van der Waals surface area contributed by atoms with E-state index in [0.717, 1.165) is 45.6 Å². The predicted octanol–water partition coefficient (Wildman–Crippen LogP) is 9.24. The van der Waals surface area contributed by atoms with Gasteiger partial charge in [0.2, 0.25) is 0 Å². The number of pyridine rings is 3. The summed E-state index contributed by atoms with van der Waals surface area (Å²) in [5, 5.41) is 0. The van der Waals surface area contributed by atoms with Crippen LogP contribution in [-0.4, -0.2) is 47.3 Å². The maximum atomic E-state index is 5.50. The summed E-state index contributed by atoms with van der Waals surface area (Å²) in [6.45, 7) is 24.5. The lowest BCUT2D eigenvalue weighted by molar-refractivity contribution is -0.701. The van der Waals surface area contributed by atoms with E-state index in [4.69, 9.17) is 11.5 Å². The summed E-state index contributed by atoms with van der Waals surface area (Å²) in [6, 6.07) is 15.1. The molecule has 0 unspecified atom stereocenters. The van der Waals surface area contributed by atoms with Crippen molar-refractivity contribution in [2.24, 2.45) is 11.5 Å². The molecular formula is C51H88N7+5. The highest BCUT2D eigenvalue weighted by Gasteiger charge is 2.15. The second-order valence-electron chi connectivity index (χ2n) is 15.4. The molecule has 4 N–H and O–H groups in total. The quantitative estimate of drug-likeness (QED) is 0.112. The van der Waals surface area contributed by atoms with Crippen molar-refractivity contribution in [1.29, 1.82) is 0 Å². The zero-order chi connectivity index (χ0) is 42.6. The van der Waals surface area contributed by atoms with Gasteiger partial charge in [0.15, 0.2) is 67.9 Å². The summed E-state index contributed by atoms with van der Waals surface area (Å²) in [7, 11) is 0. The summed E-state index contributed by atoms with van der Waals surface area (Å²) in [5.41, 5.74) is 18.4. The smallest absolute Gasteiger partial charge is 0.181 e. The fraction of sp³-hybridized carbons (Fsp3) is 0.588. The van der Waals surface area contributed by atoms with Crippen molar-refractivity contribution < 1.29 is 22.9 Å². The molecule has 3 aromatic heterocycles. The first-order chi connectivity index (χ1) is 28.4. The lowest BCUT2D eigenvalue weighted by atomic mass is 10.1. The minimum Gasteiger partial charge on any atom is -0.325 e. The van der Waals surface area contributed by atoms with Gasteiger partial charge in [-0.2, -0.15) is 0 Å². The van der Waals surface area contributed by atoms with Crippen molar-refractivity contribution >= 4 is 11.9 Å². The zero-order valence-electron chi connectivity index (χ0n) is 38.7. The van der Waals surface area contributed by atoms with Gasteiger partial charge in [-0.05, 0) is 49.8 Å². The molecule has 0 bridgehead atoms. The third kappa shape index (κ3) is 23.6. The van der Waals surface area contributed by atoms with Crippen LogP contribution in [0.2, 0.25) is 0 Å². The summed E-state index contributed by atoms with van der Waals surface area (Å²) in [6.07, 6.45) is 38.0. The molecule has 0 aromatic carbocycles. The van der Waals surface area contributed by atoms with Crippen LogP contribution >= 0.6 is 0 Å². The van der Waals surface area contributed by atoms with Gasteiger partial charge in [0.1, 0.15) is 25.8 Å². The first-order valence-electron chi connectivity index (χ1n) is 23.3. The SMILES string of the molecule is CCCC1=C[N+](CCC)=CC1.CCCC1=[N+](CCN)C=CC1.CCCc1cc[n+](CCC)cc1.CCCc1ccc[n+](CCC)c1.CCCc1cccc[n+]1CCN. The number of nitrogens with zero attached hydrogens (tertiary/aromatic N) is 5. The first-order valence-corrected chi connectivity index (χ1v) is 23.3. The van der Waals surface area contributed by atoms with Gasteiger partial charge in [-0.3, -0.25) is 0 Å². The zero-order valence-corrected chi connectivity index (χ0v) is 38.7. The molecular weight excluding hydrogens is 711 g/mol. The number of hydrogen-bond donors (Lipinski definition) is 2. The van der Waals surface area contributed by atoms with Crippen LogP contribution in [0.15, 0.2) is 97.5 Å². The molecule has 2 aliphatic heterocycles. The lowest BCUT2D eigenvalue weighted by Crippen LogP contribution is -2.41. The molecule has 0 saturated heterocycles. The van der Waals surface area contributed by atoms with E-state index in [9.17, 15) is 0 Å². The second-order valence-corrected chi connectivity index (χ2v) is 15.4. The van der Waals surface area contributed by atoms with E-state index in [-0.39, 0.29) is 0 Å². The van der Waals surface area contributed by atoms with Crippen LogP contribution in [0, 0.1) is 0 Å². The Hall–Kier alpha value is -3.81. The standard InChI is InChI=1S/2C11H18N.C10H17N2.C10H18N.C9H17N2/c1-3-6-11-7-5-9-12(10-11)8-4-2;1-3-5-11-6-9-12(8-4-2)10-7-11;1-2-5-10-6-3-4-8-12(10)9-7-11;1-3-5-10-6-8-11(9-10)7-4-2;1-2-4-9-5-3-7-11(9)8-6-10/h5,7,9-10H,3-4,6,8H2,1-2H3;6-7,9-10H,3-5,8H2,1-2H3;3-4,6,8H,2,5,7,9,11H2,1H3;8-9H,3-7H2,1-2H3;3,7H,2,4-6,8,10H2,1H3/q5*+1. The number of rotatable bonds is 20. The van der Waals surface area contributed by atoms with E-state index in [1.165, 1.54) is 113 Å². The van der Waals surface area contributed by atoms with E-state index >= 15 is 0 Å². The van der Waals surface area contributed by atoms with Gasteiger partial charge in [-0.25, -0.2) is 22.9 Å². The fourth-order valence-corrected chi connectivity index (χ4v) is 7.03. The van der Waals surface area contributed by atoms with Crippen LogP contribution in [0.4, 0.5) is 0 Å². The number of aryl methyl sites for hydroxylation is 5. The molecule has 7 nitrogen and oxygen atoms in total. The summed E-state index contributed by atoms with van der Waals surface area (Å²) >= 11 is 0. The Bertz CT molecular complexity index is 1520. The van der Waals surface area contributed by atoms with Gasteiger partial charge >= 0.3 is 0 Å². The van der Waals surface area contributed by atoms with Crippen molar-refractivity contribution in [1.82, 2.24) is 0 Å². The van der Waals surface area contributed by atoms with Crippen LogP contribution in [0.3, 0.4) is 0 Å². The average Bonchev–Trinajstić information content (AvgIpc) is 3.88. The Morgan fingerprint density at radius 1 is 0.517 bits per heavy atom. The van der Waals surface area contributed by atoms with E-state index in [1.54, 1.807) is 5.57 Å². The van der Waals surface area contributed by atoms with Crippen molar-refractivity contribution in [2.45, 2.75) is 171 Å². The molecule has 0 aliphatic carbocycles. The van der Waals surface area contributed by atoms with Gasteiger partial charge in [0.05, 0.1) is 25.9 Å². The normalized spacial score (nSPS) is 12.6. The number of aromatic nitrogens is 3. The maximum Gasteiger partial charge on any atom is 0.181 e. The Morgan fingerprint density at radius 2 is 1.16 bits per heavy atom. The number of nitrogens with two attached hydrogens (primary N) is 2. The van der Waals surface area contributed by atoms with Gasteiger partial charge in [-0.1, -0.05) is 80.7 Å². The van der Waals surface area contributed by atoms with Crippen LogP contribution in [-0.2, 0) is 38.9 Å². The molecule has 0 radical (unpaired) electrons. The maximum absolute atomic E-state index is 5.50. The third-order valence-electron chi connectivity index (χ3n) is 9.77. The molecule has 3 aromatic rings. The highest BCUT2D eigenvalue weighted by molar-refractivity contribution is 5.82. The highest BCUT2D eigenvalue weighted by Crippen LogP contribution is 2.12. The van der Waals surface area contributed by atoms with Crippen molar-refractivity contribution in [2.75, 3.05) is 26.2 Å². The molecule has 0 fully saturated rings. The van der Waals surface area contributed by atoms with Crippen molar-refractivity contribution in [3.8, 4) is 0 Å².